The van der Waals surface area contributed by atoms with Gasteiger partial charge in [0.05, 0.1) is 6.61 Å². The van der Waals surface area contributed by atoms with Crippen molar-refractivity contribution >= 4 is 0 Å². The summed E-state index contributed by atoms with van der Waals surface area (Å²) < 4.78 is 5.78. The van der Waals surface area contributed by atoms with E-state index in [0.29, 0.717) is 5.88 Å². The quantitative estimate of drug-likeness (QED) is 0.899. The van der Waals surface area contributed by atoms with Crippen LogP contribution < -0.4 is 4.74 Å². The highest BCUT2D eigenvalue weighted by Gasteiger charge is 2.05. The zero-order valence-corrected chi connectivity index (χ0v) is 10.9. The van der Waals surface area contributed by atoms with Gasteiger partial charge in [0.1, 0.15) is 5.75 Å². The third kappa shape index (κ3) is 2.87. The third-order valence-electron chi connectivity index (χ3n) is 2.68. The number of aryl methyl sites for hydroxylation is 3. The number of aliphatic hydroxyl groups is 1. The molecule has 94 valence electrons. The average Bonchev–Trinajstić information content (AvgIpc) is 2.30. The van der Waals surface area contributed by atoms with Crippen molar-refractivity contribution in [3.05, 3.63) is 52.7 Å². The molecule has 0 amide bonds. The Labute approximate surface area is 107 Å². The van der Waals surface area contributed by atoms with E-state index in [1.165, 1.54) is 0 Å². The molecule has 0 aliphatic heterocycles. The first-order valence-corrected chi connectivity index (χ1v) is 5.91. The normalized spacial score (nSPS) is 10.4. The van der Waals surface area contributed by atoms with Gasteiger partial charge in [0, 0.05) is 11.8 Å². The van der Waals surface area contributed by atoms with Gasteiger partial charge in [0.15, 0.2) is 0 Å². The Kier molecular flexibility index (Phi) is 3.63. The summed E-state index contributed by atoms with van der Waals surface area (Å²) in [7, 11) is 0. The minimum Gasteiger partial charge on any atom is -0.439 e. The average molecular weight is 243 g/mol. The highest BCUT2D eigenvalue weighted by atomic mass is 16.5. The van der Waals surface area contributed by atoms with E-state index in [1.54, 1.807) is 6.20 Å². The summed E-state index contributed by atoms with van der Waals surface area (Å²) in [5, 5.41) is 9.03. The standard InChI is InChI=1S/C15H17NO2/c1-10-4-11(2)6-14(5-10)18-15-12(3)7-13(9-17)8-16-15/h4-8,17H,9H2,1-3H3. The highest BCUT2D eigenvalue weighted by Crippen LogP contribution is 2.25. The van der Waals surface area contributed by atoms with Crippen LogP contribution in [0.5, 0.6) is 11.6 Å². The smallest absolute Gasteiger partial charge is 0.222 e. The highest BCUT2D eigenvalue weighted by molar-refractivity contribution is 5.37. The largest absolute Gasteiger partial charge is 0.439 e. The Bertz CT molecular complexity index is 544. The van der Waals surface area contributed by atoms with Crippen LogP contribution in [0.4, 0.5) is 0 Å². The lowest BCUT2D eigenvalue weighted by atomic mass is 10.1. The van der Waals surface area contributed by atoms with Crippen molar-refractivity contribution in [2.24, 2.45) is 0 Å². The van der Waals surface area contributed by atoms with Crippen LogP contribution in [0, 0.1) is 20.8 Å². The molecule has 0 aliphatic rings. The molecule has 0 fully saturated rings. The molecule has 0 radical (unpaired) electrons. The van der Waals surface area contributed by atoms with Crippen molar-refractivity contribution in [2.75, 3.05) is 0 Å². The number of aromatic nitrogens is 1. The molecule has 18 heavy (non-hydrogen) atoms. The lowest BCUT2D eigenvalue weighted by Crippen LogP contribution is -1.94. The minimum atomic E-state index is -0.00231. The molecule has 1 N–H and O–H groups in total. The van der Waals surface area contributed by atoms with Gasteiger partial charge in [-0.1, -0.05) is 6.07 Å². The molecule has 0 saturated carbocycles. The van der Waals surface area contributed by atoms with Crippen molar-refractivity contribution in [3.63, 3.8) is 0 Å². The predicted molar refractivity (Wildman–Crippen MR) is 70.9 cm³/mol. The molecule has 0 spiro atoms. The fourth-order valence-corrected chi connectivity index (χ4v) is 1.92. The summed E-state index contributed by atoms with van der Waals surface area (Å²) in [6, 6.07) is 7.94. The van der Waals surface area contributed by atoms with Crippen molar-refractivity contribution in [1.82, 2.24) is 4.98 Å². The van der Waals surface area contributed by atoms with Crippen LogP contribution in [0.15, 0.2) is 30.5 Å². The van der Waals surface area contributed by atoms with Gasteiger partial charge < -0.3 is 9.84 Å². The molecule has 0 unspecified atom stereocenters. The van der Waals surface area contributed by atoms with Gasteiger partial charge in [-0.2, -0.15) is 0 Å². The Balaban J connectivity index is 2.28. The lowest BCUT2D eigenvalue weighted by molar-refractivity contribution is 0.281. The number of hydrogen-bond acceptors (Lipinski definition) is 3. The SMILES string of the molecule is Cc1cc(C)cc(Oc2ncc(CO)cc2C)c1. The molecule has 0 aliphatic carbocycles. The predicted octanol–water partition coefficient (Wildman–Crippen LogP) is 3.29. The lowest BCUT2D eigenvalue weighted by Gasteiger charge is -2.10. The molecule has 1 aromatic carbocycles. The summed E-state index contributed by atoms with van der Waals surface area (Å²) in [4.78, 5) is 4.22. The van der Waals surface area contributed by atoms with E-state index < -0.39 is 0 Å². The van der Waals surface area contributed by atoms with E-state index in [4.69, 9.17) is 9.84 Å². The monoisotopic (exact) mass is 243 g/mol. The van der Waals surface area contributed by atoms with Gasteiger partial charge in [-0.3, -0.25) is 0 Å². The maximum Gasteiger partial charge on any atom is 0.222 e. The summed E-state index contributed by atoms with van der Waals surface area (Å²) >= 11 is 0. The Morgan fingerprint density at radius 1 is 1.06 bits per heavy atom. The van der Waals surface area contributed by atoms with Crippen LogP contribution in [0.25, 0.3) is 0 Å². The molecule has 0 bridgehead atoms. The van der Waals surface area contributed by atoms with Gasteiger partial charge in [0.2, 0.25) is 5.88 Å². The molecule has 1 heterocycles. The summed E-state index contributed by atoms with van der Waals surface area (Å²) in [5.41, 5.74) is 4.03. The van der Waals surface area contributed by atoms with Crippen LogP contribution in [-0.4, -0.2) is 10.1 Å². The third-order valence-corrected chi connectivity index (χ3v) is 2.68. The van der Waals surface area contributed by atoms with E-state index in [0.717, 1.165) is 28.0 Å². The molecule has 3 nitrogen and oxygen atoms in total. The number of pyridine rings is 1. The second-order valence-electron chi connectivity index (χ2n) is 4.55. The Morgan fingerprint density at radius 3 is 2.28 bits per heavy atom. The maximum atomic E-state index is 9.03. The van der Waals surface area contributed by atoms with Gasteiger partial charge in [-0.15, -0.1) is 0 Å². The molecule has 2 rings (SSSR count). The van der Waals surface area contributed by atoms with Crippen LogP contribution in [0.3, 0.4) is 0 Å². The maximum absolute atomic E-state index is 9.03. The Morgan fingerprint density at radius 2 is 1.72 bits per heavy atom. The van der Waals surface area contributed by atoms with Crippen molar-refractivity contribution in [2.45, 2.75) is 27.4 Å². The van der Waals surface area contributed by atoms with Gasteiger partial charge in [0.25, 0.3) is 0 Å². The Hall–Kier alpha value is -1.87. The number of ether oxygens (including phenoxy) is 1. The first-order valence-electron chi connectivity index (χ1n) is 5.91. The second kappa shape index (κ2) is 5.19. The molecule has 1 aromatic heterocycles. The second-order valence-corrected chi connectivity index (χ2v) is 4.55. The van der Waals surface area contributed by atoms with Crippen molar-refractivity contribution in [1.29, 1.82) is 0 Å². The first-order chi connectivity index (χ1) is 8.58. The van der Waals surface area contributed by atoms with Crippen LogP contribution in [0.2, 0.25) is 0 Å². The topological polar surface area (TPSA) is 42.4 Å². The first kappa shape index (κ1) is 12.6. The zero-order chi connectivity index (χ0) is 13.1. The van der Waals surface area contributed by atoms with Crippen molar-refractivity contribution in [3.8, 4) is 11.6 Å². The number of aliphatic hydroxyl groups excluding tert-OH is 1. The fraction of sp³-hybridized carbons (Fsp3) is 0.267. The van der Waals surface area contributed by atoms with Crippen molar-refractivity contribution < 1.29 is 9.84 Å². The summed E-state index contributed by atoms with van der Waals surface area (Å²) in [6.07, 6.45) is 1.63. The molecule has 0 atom stereocenters. The number of hydrogen-bond donors (Lipinski definition) is 1. The van der Waals surface area contributed by atoms with E-state index in [2.05, 4.69) is 11.1 Å². The zero-order valence-electron chi connectivity index (χ0n) is 10.9. The molecular weight excluding hydrogens is 226 g/mol. The van der Waals surface area contributed by atoms with E-state index in [9.17, 15) is 0 Å². The number of benzene rings is 1. The van der Waals surface area contributed by atoms with Crippen LogP contribution in [0.1, 0.15) is 22.3 Å². The van der Waals surface area contributed by atoms with E-state index in [-0.39, 0.29) is 6.61 Å². The number of rotatable bonds is 3. The molecular formula is C15H17NO2. The number of nitrogens with zero attached hydrogens (tertiary/aromatic N) is 1. The molecule has 3 heteroatoms. The van der Waals surface area contributed by atoms with Gasteiger partial charge in [-0.25, -0.2) is 4.98 Å². The van der Waals surface area contributed by atoms with Crippen LogP contribution >= 0.6 is 0 Å². The van der Waals surface area contributed by atoms with Gasteiger partial charge >= 0.3 is 0 Å². The molecule has 2 aromatic rings. The summed E-state index contributed by atoms with van der Waals surface area (Å²) in [6.45, 7) is 5.99. The molecule has 0 saturated heterocycles. The fourth-order valence-electron chi connectivity index (χ4n) is 1.92. The summed E-state index contributed by atoms with van der Waals surface area (Å²) in [5.74, 6) is 1.37. The van der Waals surface area contributed by atoms with E-state index in [1.807, 2.05) is 39.0 Å². The van der Waals surface area contributed by atoms with E-state index >= 15 is 0 Å². The van der Waals surface area contributed by atoms with Crippen LogP contribution in [-0.2, 0) is 6.61 Å². The van der Waals surface area contributed by atoms with Gasteiger partial charge in [-0.05, 0) is 55.7 Å². The minimum absolute atomic E-state index is 0.00231.